The second-order valence-corrected chi connectivity index (χ2v) is 6.12. The van der Waals surface area contributed by atoms with Gasteiger partial charge in [-0.15, -0.1) is 0 Å². The van der Waals surface area contributed by atoms with Crippen molar-refractivity contribution in [2.45, 2.75) is 51.6 Å². The van der Waals surface area contributed by atoms with Crippen LogP contribution in [0.3, 0.4) is 0 Å². The van der Waals surface area contributed by atoms with Crippen LogP contribution in [0.25, 0.3) is 0 Å². The first-order valence-electron chi connectivity index (χ1n) is 7.06. The number of urea groups is 1. The average molecular weight is 300 g/mol. The van der Waals surface area contributed by atoms with Crippen LogP contribution in [0, 0.1) is 0 Å². The lowest BCUT2D eigenvalue weighted by atomic mass is 10.1. The van der Waals surface area contributed by atoms with Crippen molar-refractivity contribution in [3.8, 4) is 0 Å². The Labute approximate surface area is 124 Å². The number of rotatable bonds is 4. The number of esters is 1. The Morgan fingerprint density at radius 2 is 1.95 bits per heavy atom. The largest absolute Gasteiger partial charge is 0.481 e. The van der Waals surface area contributed by atoms with Crippen molar-refractivity contribution in [2.75, 3.05) is 20.2 Å². The van der Waals surface area contributed by atoms with Crippen molar-refractivity contribution >= 4 is 18.0 Å². The Hall–Kier alpha value is -1.79. The molecule has 1 saturated heterocycles. The first kappa shape index (κ1) is 17.3. The van der Waals surface area contributed by atoms with Crippen LogP contribution in [-0.2, 0) is 14.3 Å². The molecule has 1 N–H and O–H groups in total. The topological polar surface area (TPSA) is 87.2 Å². The fourth-order valence-corrected chi connectivity index (χ4v) is 2.46. The summed E-state index contributed by atoms with van der Waals surface area (Å²) in [5.41, 5.74) is -0.518. The van der Waals surface area contributed by atoms with Gasteiger partial charge in [-0.3, -0.25) is 4.79 Å². The third kappa shape index (κ3) is 4.34. The third-order valence-corrected chi connectivity index (χ3v) is 3.56. The number of carboxylic acid groups (broad SMARTS) is 1. The molecule has 1 atom stereocenters. The zero-order chi connectivity index (χ0) is 16.2. The van der Waals surface area contributed by atoms with Gasteiger partial charge in [-0.1, -0.05) is 0 Å². The zero-order valence-corrected chi connectivity index (χ0v) is 13.1. The molecule has 0 aromatic rings. The summed E-state index contributed by atoms with van der Waals surface area (Å²) in [6, 6.07) is -0.881. The molecule has 120 valence electrons. The van der Waals surface area contributed by atoms with Crippen molar-refractivity contribution in [2.24, 2.45) is 0 Å². The number of aliphatic carboxylic acids is 1. The van der Waals surface area contributed by atoms with Gasteiger partial charge in [0.05, 0.1) is 13.5 Å². The Balaban J connectivity index is 2.89. The minimum Gasteiger partial charge on any atom is -0.481 e. The maximum Gasteiger partial charge on any atom is 0.328 e. The molecule has 1 aliphatic heterocycles. The Morgan fingerprint density at radius 3 is 2.43 bits per heavy atom. The van der Waals surface area contributed by atoms with Gasteiger partial charge in [0.2, 0.25) is 0 Å². The van der Waals surface area contributed by atoms with Gasteiger partial charge < -0.3 is 19.6 Å². The van der Waals surface area contributed by atoms with E-state index in [9.17, 15) is 14.4 Å². The Kier molecular flexibility index (Phi) is 5.57. The van der Waals surface area contributed by atoms with Gasteiger partial charge in [-0.25, -0.2) is 9.59 Å². The summed E-state index contributed by atoms with van der Waals surface area (Å²) >= 11 is 0. The van der Waals surface area contributed by atoms with E-state index in [2.05, 4.69) is 0 Å². The van der Waals surface area contributed by atoms with E-state index in [0.717, 1.165) is 6.42 Å². The second-order valence-electron chi connectivity index (χ2n) is 6.12. The summed E-state index contributed by atoms with van der Waals surface area (Å²) in [4.78, 5) is 38.2. The maximum absolute atomic E-state index is 12.7. The predicted molar refractivity (Wildman–Crippen MR) is 75.9 cm³/mol. The number of carbonyl (C=O) groups is 3. The molecule has 1 rings (SSSR count). The minimum atomic E-state index is -0.956. The Bertz CT molecular complexity index is 416. The zero-order valence-electron chi connectivity index (χ0n) is 13.1. The summed E-state index contributed by atoms with van der Waals surface area (Å²) in [6.45, 7) is 6.13. The normalized spacial score (nSPS) is 18.5. The molecular formula is C14H24N2O5. The highest BCUT2D eigenvalue weighted by Crippen LogP contribution is 2.24. The molecule has 0 bridgehead atoms. The number of hydrogen-bond acceptors (Lipinski definition) is 4. The van der Waals surface area contributed by atoms with Crippen LogP contribution in [0.4, 0.5) is 4.79 Å². The molecule has 1 aliphatic rings. The van der Waals surface area contributed by atoms with Gasteiger partial charge in [0.1, 0.15) is 6.04 Å². The van der Waals surface area contributed by atoms with Crippen LogP contribution in [0.5, 0.6) is 0 Å². The average Bonchev–Trinajstić information content (AvgIpc) is 2.84. The molecule has 0 aromatic carbocycles. The number of carboxylic acids is 1. The summed E-state index contributed by atoms with van der Waals surface area (Å²) in [7, 11) is 1.30. The minimum absolute atomic E-state index is 0.113. The fourth-order valence-electron chi connectivity index (χ4n) is 2.46. The standard InChI is InChI=1S/C14H24N2O5/c1-14(2,3)16(9-7-11(17)18)13(20)15-8-5-6-10(15)12(19)21-4/h10H,5-9H2,1-4H3,(H,17,18). The first-order valence-corrected chi connectivity index (χ1v) is 7.06. The summed E-state index contributed by atoms with van der Waals surface area (Å²) in [5, 5.41) is 8.83. The number of hydrogen-bond donors (Lipinski definition) is 1. The van der Waals surface area contributed by atoms with E-state index in [1.807, 2.05) is 20.8 Å². The van der Waals surface area contributed by atoms with Gasteiger partial charge in [0.25, 0.3) is 0 Å². The van der Waals surface area contributed by atoms with E-state index in [0.29, 0.717) is 13.0 Å². The Morgan fingerprint density at radius 1 is 1.33 bits per heavy atom. The van der Waals surface area contributed by atoms with E-state index in [-0.39, 0.29) is 19.0 Å². The van der Waals surface area contributed by atoms with Crippen molar-refractivity contribution < 1.29 is 24.2 Å². The van der Waals surface area contributed by atoms with Crippen LogP contribution in [0.1, 0.15) is 40.0 Å². The molecule has 2 amide bonds. The molecule has 0 saturated carbocycles. The molecule has 1 unspecified atom stereocenters. The highest BCUT2D eigenvalue weighted by atomic mass is 16.5. The predicted octanol–water partition coefficient (Wildman–Crippen LogP) is 1.32. The summed E-state index contributed by atoms with van der Waals surface area (Å²) < 4.78 is 4.73. The second kappa shape index (κ2) is 6.78. The number of carbonyl (C=O) groups excluding carboxylic acids is 2. The molecule has 1 heterocycles. The van der Waals surface area contributed by atoms with Crippen molar-refractivity contribution in [3.05, 3.63) is 0 Å². The van der Waals surface area contributed by atoms with Gasteiger partial charge in [0, 0.05) is 18.6 Å². The van der Waals surface area contributed by atoms with Crippen molar-refractivity contribution in [1.29, 1.82) is 0 Å². The molecule has 7 heteroatoms. The number of likely N-dealkylation sites (tertiary alicyclic amines) is 1. The van der Waals surface area contributed by atoms with Gasteiger partial charge in [0.15, 0.2) is 0 Å². The lowest BCUT2D eigenvalue weighted by Crippen LogP contribution is -2.55. The molecule has 0 aromatic heterocycles. The molecule has 0 radical (unpaired) electrons. The molecule has 21 heavy (non-hydrogen) atoms. The number of ether oxygens (including phenoxy) is 1. The highest BCUT2D eigenvalue weighted by Gasteiger charge is 2.39. The SMILES string of the molecule is COC(=O)C1CCCN1C(=O)N(CCC(=O)O)C(C)(C)C. The lowest BCUT2D eigenvalue weighted by Gasteiger charge is -2.39. The molecular weight excluding hydrogens is 276 g/mol. The van der Waals surface area contributed by atoms with E-state index in [1.165, 1.54) is 16.9 Å². The first-order chi connectivity index (χ1) is 9.68. The number of nitrogens with zero attached hydrogens (tertiary/aromatic N) is 2. The van der Waals surface area contributed by atoms with Crippen LogP contribution in [0.2, 0.25) is 0 Å². The van der Waals surface area contributed by atoms with E-state index in [4.69, 9.17) is 9.84 Å². The number of methoxy groups -OCH3 is 1. The van der Waals surface area contributed by atoms with Crippen LogP contribution in [-0.4, -0.2) is 64.7 Å². The smallest absolute Gasteiger partial charge is 0.328 e. The monoisotopic (exact) mass is 300 g/mol. The van der Waals surface area contributed by atoms with Gasteiger partial charge >= 0.3 is 18.0 Å². The van der Waals surface area contributed by atoms with E-state index < -0.39 is 23.5 Å². The third-order valence-electron chi connectivity index (χ3n) is 3.56. The maximum atomic E-state index is 12.7. The van der Waals surface area contributed by atoms with Crippen LogP contribution in [0.15, 0.2) is 0 Å². The molecule has 7 nitrogen and oxygen atoms in total. The van der Waals surface area contributed by atoms with E-state index in [1.54, 1.807) is 0 Å². The molecule has 1 fully saturated rings. The van der Waals surface area contributed by atoms with Crippen molar-refractivity contribution in [1.82, 2.24) is 9.80 Å². The summed E-state index contributed by atoms with van der Waals surface area (Å²) in [6.07, 6.45) is 1.19. The molecule has 0 spiro atoms. The highest BCUT2D eigenvalue weighted by molar-refractivity contribution is 5.84. The summed E-state index contributed by atoms with van der Waals surface area (Å²) in [5.74, 6) is -1.38. The molecule has 0 aliphatic carbocycles. The van der Waals surface area contributed by atoms with Crippen molar-refractivity contribution in [3.63, 3.8) is 0 Å². The fraction of sp³-hybridized carbons (Fsp3) is 0.786. The van der Waals surface area contributed by atoms with Gasteiger partial charge in [-0.05, 0) is 33.6 Å². The van der Waals surface area contributed by atoms with E-state index >= 15 is 0 Å². The van der Waals surface area contributed by atoms with Crippen LogP contribution >= 0.6 is 0 Å². The van der Waals surface area contributed by atoms with Gasteiger partial charge in [-0.2, -0.15) is 0 Å². The lowest BCUT2D eigenvalue weighted by molar-refractivity contribution is -0.145. The quantitative estimate of drug-likeness (QED) is 0.791. The number of amides is 2. The van der Waals surface area contributed by atoms with Crippen LogP contribution < -0.4 is 0 Å².